The summed E-state index contributed by atoms with van der Waals surface area (Å²) < 4.78 is 11.4. The van der Waals surface area contributed by atoms with E-state index in [0.717, 1.165) is 16.7 Å². The minimum absolute atomic E-state index is 0.262. The van der Waals surface area contributed by atoms with Gasteiger partial charge in [-0.3, -0.25) is 9.00 Å². The SMILES string of the molecule is O=C1NC(S)S(=O)/C1=C/c1ccccc1-c1ccccc1. The van der Waals surface area contributed by atoms with Crippen molar-refractivity contribution in [3.63, 3.8) is 0 Å². The molecule has 0 bridgehead atoms. The number of hydrogen-bond donors (Lipinski definition) is 2. The molecule has 5 heteroatoms. The van der Waals surface area contributed by atoms with Crippen LogP contribution < -0.4 is 5.32 Å². The van der Waals surface area contributed by atoms with Crippen LogP contribution in [0.3, 0.4) is 0 Å². The topological polar surface area (TPSA) is 46.2 Å². The first kappa shape index (κ1) is 14.1. The van der Waals surface area contributed by atoms with E-state index in [4.69, 9.17) is 0 Å². The first-order valence-corrected chi connectivity index (χ1v) is 8.15. The van der Waals surface area contributed by atoms with Crippen molar-refractivity contribution >= 4 is 35.4 Å². The minimum Gasteiger partial charge on any atom is -0.329 e. The smallest absolute Gasteiger partial charge is 0.261 e. The molecule has 1 aliphatic rings. The molecule has 0 aromatic heterocycles. The highest BCUT2D eigenvalue weighted by Gasteiger charge is 2.32. The summed E-state index contributed by atoms with van der Waals surface area (Å²) in [6.07, 6.45) is 1.68. The van der Waals surface area contributed by atoms with Gasteiger partial charge >= 0.3 is 0 Å². The molecule has 3 nitrogen and oxygen atoms in total. The molecule has 1 amide bonds. The first-order chi connectivity index (χ1) is 10.2. The lowest BCUT2D eigenvalue weighted by Crippen LogP contribution is -2.21. The van der Waals surface area contributed by atoms with Crippen molar-refractivity contribution in [2.45, 2.75) is 4.71 Å². The van der Waals surface area contributed by atoms with E-state index in [1.54, 1.807) is 6.08 Å². The van der Waals surface area contributed by atoms with Gasteiger partial charge in [-0.25, -0.2) is 0 Å². The molecule has 3 rings (SSSR count). The Hall–Kier alpha value is -1.85. The standard InChI is InChI=1S/C16H13NO2S2/c18-15-14(21(19)16(20)17-15)10-12-8-4-5-9-13(12)11-6-2-1-3-7-11/h1-10,16,20H,(H,17,18)/b14-10+. The van der Waals surface area contributed by atoms with Crippen LogP contribution in [0.5, 0.6) is 0 Å². The Morgan fingerprint density at radius 3 is 2.38 bits per heavy atom. The molecule has 1 saturated heterocycles. The average Bonchev–Trinajstić information content (AvgIpc) is 2.75. The largest absolute Gasteiger partial charge is 0.329 e. The second-order valence-corrected chi connectivity index (χ2v) is 6.96. The van der Waals surface area contributed by atoms with Crippen molar-refractivity contribution in [3.05, 3.63) is 65.1 Å². The van der Waals surface area contributed by atoms with Gasteiger partial charge in [0.25, 0.3) is 5.91 Å². The summed E-state index contributed by atoms with van der Waals surface area (Å²) in [7, 11) is -1.44. The lowest BCUT2D eigenvalue weighted by atomic mass is 9.99. The highest BCUT2D eigenvalue weighted by Crippen LogP contribution is 2.28. The summed E-state index contributed by atoms with van der Waals surface area (Å²) in [4.78, 5) is 12.1. The third-order valence-electron chi connectivity index (χ3n) is 3.23. The van der Waals surface area contributed by atoms with Crippen LogP contribution in [0.25, 0.3) is 17.2 Å². The second-order valence-electron chi connectivity index (χ2n) is 4.59. The zero-order valence-corrected chi connectivity index (χ0v) is 12.7. The Bertz CT molecular complexity index is 741. The molecular weight excluding hydrogens is 302 g/mol. The normalized spacial score (nSPS) is 23.3. The molecule has 0 radical (unpaired) electrons. The van der Waals surface area contributed by atoms with Gasteiger partial charge in [0, 0.05) is 0 Å². The maximum atomic E-state index is 12.1. The maximum absolute atomic E-state index is 12.1. The highest BCUT2D eigenvalue weighted by molar-refractivity contribution is 8.04. The number of benzene rings is 2. The molecule has 2 unspecified atom stereocenters. The van der Waals surface area contributed by atoms with Gasteiger partial charge in [-0.2, -0.15) is 0 Å². The number of nitrogens with one attached hydrogen (secondary N) is 1. The fourth-order valence-corrected chi connectivity index (χ4v) is 3.61. The van der Waals surface area contributed by atoms with E-state index in [2.05, 4.69) is 17.9 Å². The molecule has 1 N–H and O–H groups in total. The van der Waals surface area contributed by atoms with Crippen LogP contribution in [0, 0.1) is 0 Å². The van der Waals surface area contributed by atoms with Crippen LogP contribution in [0.4, 0.5) is 0 Å². The Balaban J connectivity index is 2.09. The van der Waals surface area contributed by atoms with Crippen molar-refractivity contribution in [1.82, 2.24) is 5.32 Å². The van der Waals surface area contributed by atoms with Crippen LogP contribution in [0.2, 0.25) is 0 Å². The number of carbonyl (C=O) groups excluding carboxylic acids is 1. The van der Waals surface area contributed by atoms with Gasteiger partial charge in [-0.1, -0.05) is 54.6 Å². The molecule has 1 heterocycles. The van der Waals surface area contributed by atoms with Gasteiger partial charge in [-0.05, 0) is 22.8 Å². The predicted molar refractivity (Wildman–Crippen MR) is 88.9 cm³/mol. The summed E-state index contributed by atoms with van der Waals surface area (Å²) in [5, 5.41) is 2.55. The van der Waals surface area contributed by atoms with Gasteiger partial charge in [0.05, 0.1) is 10.8 Å². The van der Waals surface area contributed by atoms with Crippen molar-refractivity contribution < 1.29 is 9.00 Å². The number of hydrogen-bond acceptors (Lipinski definition) is 3. The molecule has 21 heavy (non-hydrogen) atoms. The minimum atomic E-state index is -1.44. The number of carbonyl (C=O) groups is 1. The van der Waals surface area contributed by atoms with E-state index in [-0.39, 0.29) is 10.8 Å². The van der Waals surface area contributed by atoms with Gasteiger partial charge in [0.15, 0.2) is 4.71 Å². The van der Waals surface area contributed by atoms with Crippen molar-refractivity contribution in [1.29, 1.82) is 0 Å². The van der Waals surface area contributed by atoms with Crippen LogP contribution >= 0.6 is 12.6 Å². The fourth-order valence-electron chi connectivity index (χ4n) is 2.22. The lowest BCUT2D eigenvalue weighted by molar-refractivity contribution is -0.116. The molecule has 106 valence electrons. The van der Waals surface area contributed by atoms with E-state index in [0.29, 0.717) is 0 Å². The highest BCUT2D eigenvalue weighted by atomic mass is 32.2. The molecule has 2 aromatic carbocycles. The van der Waals surface area contributed by atoms with Crippen molar-refractivity contribution in [2.24, 2.45) is 0 Å². The number of rotatable bonds is 2. The summed E-state index contributed by atoms with van der Waals surface area (Å²) >= 11 is 4.10. The first-order valence-electron chi connectivity index (χ1n) is 6.42. The van der Waals surface area contributed by atoms with E-state index < -0.39 is 15.5 Å². The van der Waals surface area contributed by atoms with Gasteiger partial charge in [0.1, 0.15) is 4.91 Å². The summed E-state index contributed by atoms with van der Waals surface area (Å²) in [6.45, 7) is 0. The molecule has 1 aliphatic heterocycles. The van der Waals surface area contributed by atoms with Gasteiger partial charge in [-0.15, -0.1) is 12.6 Å². The second kappa shape index (κ2) is 5.87. The molecule has 0 spiro atoms. The molecular formula is C16H13NO2S2. The van der Waals surface area contributed by atoms with Crippen LogP contribution in [0.1, 0.15) is 5.56 Å². The summed E-state index contributed by atoms with van der Waals surface area (Å²) in [5.41, 5.74) is 2.92. The quantitative estimate of drug-likeness (QED) is 0.661. The molecule has 2 aromatic rings. The summed E-state index contributed by atoms with van der Waals surface area (Å²) in [5.74, 6) is -0.323. The summed E-state index contributed by atoms with van der Waals surface area (Å²) in [6, 6.07) is 17.6. The Morgan fingerprint density at radius 1 is 1.05 bits per heavy atom. The Kier molecular flexibility index (Phi) is 3.94. The number of thiol groups is 1. The van der Waals surface area contributed by atoms with E-state index in [1.165, 1.54) is 0 Å². The van der Waals surface area contributed by atoms with Gasteiger partial charge in [0.2, 0.25) is 0 Å². The molecule has 0 saturated carbocycles. The monoisotopic (exact) mass is 315 g/mol. The van der Waals surface area contributed by atoms with Crippen LogP contribution in [0.15, 0.2) is 59.5 Å². The molecule has 2 atom stereocenters. The van der Waals surface area contributed by atoms with Gasteiger partial charge < -0.3 is 5.32 Å². The molecule has 1 fully saturated rings. The van der Waals surface area contributed by atoms with Crippen LogP contribution in [-0.4, -0.2) is 14.8 Å². The third-order valence-corrected chi connectivity index (χ3v) is 5.19. The predicted octanol–water partition coefficient (Wildman–Crippen LogP) is 2.79. The average molecular weight is 315 g/mol. The van der Waals surface area contributed by atoms with E-state index in [1.807, 2.05) is 54.6 Å². The zero-order valence-electron chi connectivity index (χ0n) is 11.0. The third kappa shape index (κ3) is 2.80. The fraction of sp³-hybridized carbons (Fsp3) is 0.0625. The van der Waals surface area contributed by atoms with Crippen LogP contribution in [-0.2, 0) is 15.6 Å². The van der Waals surface area contributed by atoms with E-state index >= 15 is 0 Å². The van der Waals surface area contributed by atoms with E-state index in [9.17, 15) is 9.00 Å². The Labute approximate surface area is 130 Å². The maximum Gasteiger partial charge on any atom is 0.261 e. The lowest BCUT2D eigenvalue weighted by Gasteiger charge is -2.06. The van der Waals surface area contributed by atoms with Crippen molar-refractivity contribution in [3.8, 4) is 11.1 Å². The number of amides is 1. The molecule has 0 aliphatic carbocycles. The Morgan fingerprint density at radius 2 is 1.71 bits per heavy atom. The zero-order chi connectivity index (χ0) is 14.8. The van der Waals surface area contributed by atoms with Crippen molar-refractivity contribution in [2.75, 3.05) is 0 Å².